The Kier molecular flexibility index (Phi) is 5.77. The molecule has 3 heteroatoms. The van der Waals surface area contributed by atoms with Crippen LogP contribution >= 0.6 is 0 Å². The molecule has 12 aromatic rings. The molecule has 0 saturated heterocycles. The summed E-state index contributed by atoms with van der Waals surface area (Å²) in [4.78, 5) is 0. The Balaban J connectivity index is 1.26. The van der Waals surface area contributed by atoms with Gasteiger partial charge in [0.25, 0.3) is 0 Å². The largest absolute Gasteiger partial charge is 0.456 e. The first kappa shape index (κ1) is 28.6. The zero-order chi connectivity index (χ0) is 34.6. The Morgan fingerprint density at radius 3 is 1.55 bits per heavy atom. The van der Waals surface area contributed by atoms with Gasteiger partial charge in [-0.25, -0.2) is 0 Å². The summed E-state index contributed by atoms with van der Waals surface area (Å²) in [5.74, 6) is 0. The predicted octanol–water partition coefficient (Wildman–Crippen LogP) is 13.8. The van der Waals surface area contributed by atoms with Gasteiger partial charge in [-0.1, -0.05) is 127 Å². The average molecular weight is 675 g/mol. The molecule has 0 bridgehead atoms. The summed E-state index contributed by atoms with van der Waals surface area (Å²) in [6.07, 6.45) is 0. The van der Waals surface area contributed by atoms with Crippen LogP contribution in [-0.4, -0.2) is 9.13 Å². The van der Waals surface area contributed by atoms with Crippen molar-refractivity contribution in [3.8, 4) is 22.5 Å². The Bertz CT molecular complexity index is 3410. The fourth-order valence-corrected chi connectivity index (χ4v) is 8.98. The highest BCUT2D eigenvalue weighted by Gasteiger charge is 2.22. The van der Waals surface area contributed by atoms with E-state index in [0.717, 1.165) is 33.2 Å². The van der Waals surface area contributed by atoms with E-state index in [1.54, 1.807) is 0 Å². The number of para-hydroxylation sites is 4. The maximum absolute atomic E-state index is 6.30. The lowest BCUT2D eigenvalue weighted by Gasteiger charge is -2.17. The molecule has 0 aliphatic heterocycles. The average Bonchev–Trinajstić information content (AvgIpc) is 3.87. The molecule has 53 heavy (non-hydrogen) atoms. The van der Waals surface area contributed by atoms with E-state index in [0.29, 0.717) is 0 Å². The Morgan fingerprint density at radius 1 is 0.302 bits per heavy atom. The molecule has 0 aliphatic carbocycles. The standard InChI is InChI=1S/C50H30N2O/c1-2-14-33-31(13-1)28-46(35-16-4-3-15-34(33)35)52-45-23-11-7-19-38(45)41-29-40(32-25-26-50-42(27-32)39-20-8-12-24-49(39)53-50)47(30-48(41)52)51-43-21-9-5-17-36(43)37-18-6-10-22-44(37)51/h1-30H. The summed E-state index contributed by atoms with van der Waals surface area (Å²) in [6, 6.07) is 66.3. The predicted molar refractivity (Wildman–Crippen MR) is 223 cm³/mol. The minimum absolute atomic E-state index is 0.897. The lowest BCUT2D eigenvalue weighted by Crippen LogP contribution is -2.00. The van der Waals surface area contributed by atoms with Gasteiger partial charge in [0.05, 0.1) is 33.4 Å². The van der Waals surface area contributed by atoms with Crippen molar-refractivity contribution in [1.82, 2.24) is 9.13 Å². The topological polar surface area (TPSA) is 23.0 Å². The van der Waals surface area contributed by atoms with Crippen LogP contribution in [0.1, 0.15) is 0 Å². The first-order valence-corrected chi connectivity index (χ1v) is 18.2. The van der Waals surface area contributed by atoms with Crippen LogP contribution in [0.4, 0.5) is 0 Å². The van der Waals surface area contributed by atoms with E-state index >= 15 is 0 Å². The summed E-state index contributed by atoms with van der Waals surface area (Å²) in [7, 11) is 0. The number of benzene rings is 9. The number of nitrogens with zero attached hydrogens (tertiary/aromatic N) is 2. The molecule has 3 aromatic heterocycles. The molecule has 0 spiro atoms. The van der Waals surface area contributed by atoms with E-state index in [1.165, 1.54) is 76.4 Å². The van der Waals surface area contributed by atoms with Crippen molar-refractivity contribution >= 4 is 87.1 Å². The van der Waals surface area contributed by atoms with E-state index in [1.807, 2.05) is 6.07 Å². The van der Waals surface area contributed by atoms with Crippen molar-refractivity contribution < 1.29 is 4.42 Å². The summed E-state index contributed by atoms with van der Waals surface area (Å²) < 4.78 is 11.3. The highest BCUT2D eigenvalue weighted by molar-refractivity contribution is 6.17. The van der Waals surface area contributed by atoms with Gasteiger partial charge in [-0.2, -0.15) is 0 Å². The summed E-state index contributed by atoms with van der Waals surface area (Å²) in [5, 5.41) is 12.2. The van der Waals surface area contributed by atoms with Gasteiger partial charge in [-0.3, -0.25) is 0 Å². The molecule has 0 unspecified atom stereocenters. The maximum Gasteiger partial charge on any atom is 0.135 e. The Morgan fingerprint density at radius 2 is 0.830 bits per heavy atom. The van der Waals surface area contributed by atoms with Gasteiger partial charge in [-0.05, 0) is 76.3 Å². The van der Waals surface area contributed by atoms with E-state index < -0.39 is 0 Å². The normalized spacial score (nSPS) is 12.2. The molecule has 0 fully saturated rings. The monoisotopic (exact) mass is 674 g/mol. The van der Waals surface area contributed by atoms with Crippen molar-refractivity contribution in [1.29, 1.82) is 0 Å². The number of rotatable bonds is 3. The molecule has 0 aliphatic rings. The van der Waals surface area contributed by atoms with Crippen LogP contribution < -0.4 is 0 Å². The van der Waals surface area contributed by atoms with Crippen LogP contribution in [0.15, 0.2) is 186 Å². The molecule has 0 atom stereocenters. The number of fused-ring (bicyclic) bond motifs is 12. The van der Waals surface area contributed by atoms with Crippen molar-refractivity contribution in [3.05, 3.63) is 182 Å². The van der Waals surface area contributed by atoms with Crippen molar-refractivity contribution in [2.75, 3.05) is 0 Å². The third kappa shape index (κ3) is 3.99. The molecule has 0 amide bonds. The lowest BCUT2D eigenvalue weighted by molar-refractivity contribution is 0.669. The Hall–Kier alpha value is -7.10. The van der Waals surface area contributed by atoms with Gasteiger partial charge in [-0.15, -0.1) is 0 Å². The van der Waals surface area contributed by atoms with E-state index in [9.17, 15) is 0 Å². The summed E-state index contributed by atoms with van der Waals surface area (Å²) in [5.41, 5.74) is 11.2. The van der Waals surface area contributed by atoms with Crippen LogP contribution in [0.25, 0.3) is 110 Å². The molecule has 3 heterocycles. The minimum atomic E-state index is 0.897. The van der Waals surface area contributed by atoms with Crippen LogP contribution in [0.2, 0.25) is 0 Å². The number of hydrogen-bond donors (Lipinski definition) is 0. The molecule has 0 saturated carbocycles. The molecule has 3 nitrogen and oxygen atoms in total. The van der Waals surface area contributed by atoms with Crippen LogP contribution in [0.3, 0.4) is 0 Å². The molecule has 0 N–H and O–H groups in total. The molecule has 9 aromatic carbocycles. The summed E-state index contributed by atoms with van der Waals surface area (Å²) >= 11 is 0. The van der Waals surface area contributed by atoms with Gasteiger partial charge in [0.2, 0.25) is 0 Å². The first-order valence-electron chi connectivity index (χ1n) is 18.2. The molecule has 246 valence electrons. The molecule has 0 radical (unpaired) electrons. The van der Waals surface area contributed by atoms with E-state index in [4.69, 9.17) is 4.42 Å². The lowest BCUT2D eigenvalue weighted by atomic mass is 9.98. The quantitative estimate of drug-likeness (QED) is 0.171. The van der Waals surface area contributed by atoms with Crippen molar-refractivity contribution in [3.63, 3.8) is 0 Å². The maximum atomic E-state index is 6.30. The second-order valence-electron chi connectivity index (χ2n) is 14.1. The SMILES string of the molecule is c1ccc2c(c1)cc(-n1c3ccccc3c3cc(-c4ccc5oc6ccccc6c5c4)c(-n4c5ccccc5c5ccccc54)cc31)c1ccccc12. The Labute approximate surface area is 304 Å². The second kappa shape index (κ2) is 10.7. The number of hydrogen-bond acceptors (Lipinski definition) is 1. The molecular weight excluding hydrogens is 645 g/mol. The number of aromatic nitrogens is 2. The van der Waals surface area contributed by atoms with Crippen LogP contribution in [0, 0.1) is 0 Å². The smallest absolute Gasteiger partial charge is 0.135 e. The fraction of sp³-hybridized carbons (Fsp3) is 0. The third-order valence-corrected chi connectivity index (χ3v) is 11.3. The van der Waals surface area contributed by atoms with Gasteiger partial charge >= 0.3 is 0 Å². The highest BCUT2D eigenvalue weighted by Crippen LogP contribution is 2.44. The van der Waals surface area contributed by atoms with Crippen LogP contribution in [0.5, 0.6) is 0 Å². The number of furan rings is 1. The zero-order valence-electron chi connectivity index (χ0n) is 28.6. The van der Waals surface area contributed by atoms with Crippen molar-refractivity contribution in [2.45, 2.75) is 0 Å². The van der Waals surface area contributed by atoms with Gasteiger partial charge < -0.3 is 13.6 Å². The second-order valence-corrected chi connectivity index (χ2v) is 14.1. The van der Waals surface area contributed by atoms with E-state index in [-0.39, 0.29) is 0 Å². The van der Waals surface area contributed by atoms with Crippen molar-refractivity contribution in [2.24, 2.45) is 0 Å². The van der Waals surface area contributed by atoms with Gasteiger partial charge in [0.1, 0.15) is 11.2 Å². The third-order valence-electron chi connectivity index (χ3n) is 11.3. The van der Waals surface area contributed by atoms with Gasteiger partial charge in [0.15, 0.2) is 0 Å². The van der Waals surface area contributed by atoms with E-state index in [2.05, 4.69) is 185 Å². The highest BCUT2D eigenvalue weighted by atomic mass is 16.3. The van der Waals surface area contributed by atoms with Gasteiger partial charge in [0, 0.05) is 43.3 Å². The zero-order valence-corrected chi connectivity index (χ0v) is 28.6. The fourth-order valence-electron chi connectivity index (χ4n) is 8.98. The first-order chi connectivity index (χ1) is 26.3. The summed E-state index contributed by atoms with van der Waals surface area (Å²) in [6.45, 7) is 0. The minimum Gasteiger partial charge on any atom is -0.456 e. The molecular formula is C50H30N2O. The molecule has 12 rings (SSSR count). The van der Waals surface area contributed by atoms with Crippen LogP contribution in [-0.2, 0) is 0 Å².